The summed E-state index contributed by atoms with van der Waals surface area (Å²) in [4.78, 5) is 5.75. The lowest BCUT2D eigenvalue weighted by Gasteiger charge is -2.20. The first-order valence-corrected chi connectivity index (χ1v) is 7.55. The zero-order valence-electron chi connectivity index (χ0n) is 11.9. The van der Waals surface area contributed by atoms with Gasteiger partial charge < -0.3 is 14.8 Å². The Labute approximate surface area is 122 Å². The Hall–Kier alpha value is -1.75. The maximum Gasteiger partial charge on any atom is 0.163 e. The van der Waals surface area contributed by atoms with Crippen LogP contribution >= 0.6 is 11.3 Å². The van der Waals surface area contributed by atoms with E-state index in [0.717, 1.165) is 27.9 Å². The predicted molar refractivity (Wildman–Crippen MR) is 81.1 cm³/mol. The third-order valence-electron chi connectivity index (χ3n) is 3.26. The second-order valence-corrected chi connectivity index (χ2v) is 6.14. The van der Waals surface area contributed by atoms with E-state index in [1.165, 1.54) is 4.88 Å². The van der Waals surface area contributed by atoms with E-state index in [1.807, 2.05) is 25.1 Å². The van der Waals surface area contributed by atoms with E-state index in [4.69, 9.17) is 9.47 Å². The van der Waals surface area contributed by atoms with Gasteiger partial charge in [0, 0.05) is 16.6 Å². The van der Waals surface area contributed by atoms with Crippen LogP contribution in [0, 0.1) is 13.8 Å². The molecular weight excluding hydrogens is 272 g/mol. The molecule has 0 spiro atoms. The molecule has 1 atom stereocenters. The van der Waals surface area contributed by atoms with Gasteiger partial charge >= 0.3 is 0 Å². The van der Waals surface area contributed by atoms with Gasteiger partial charge in [-0.05, 0) is 32.9 Å². The van der Waals surface area contributed by atoms with Gasteiger partial charge in [0.1, 0.15) is 13.2 Å². The van der Waals surface area contributed by atoms with Crippen LogP contribution in [0.15, 0.2) is 18.2 Å². The predicted octanol–water partition coefficient (Wildman–Crippen LogP) is 3.70. The summed E-state index contributed by atoms with van der Waals surface area (Å²) in [6.07, 6.45) is 0. The lowest BCUT2D eigenvalue weighted by Crippen LogP contribution is -2.15. The zero-order valence-corrected chi connectivity index (χ0v) is 12.7. The number of fused-ring (bicyclic) bond motifs is 1. The highest BCUT2D eigenvalue weighted by Gasteiger charge is 2.15. The average Bonchev–Trinajstić information content (AvgIpc) is 2.78. The molecule has 0 saturated carbocycles. The van der Waals surface area contributed by atoms with Crippen LogP contribution in [0.3, 0.4) is 0 Å². The maximum atomic E-state index is 5.60. The van der Waals surface area contributed by atoms with Crippen molar-refractivity contribution in [2.24, 2.45) is 0 Å². The number of thiazole rings is 1. The molecule has 1 N–H and O–H groups in total. The Morgan fingerprint density at radius 1 is 1.20 bits per heavy atom. The highest BCUT2D eigenvalue weighted by molar-refractivity contribution is 7.11. The van der Waals surface area contributed by atoms with Crippen molar-refractivity contribution in [3.8, 4) is 11.5 Å². The van der Waals surface area contributed by atoms with Crippen LogP contribution < -0.4 is 14.8 Å². The summed E-state index contributed by atoms with van der Waals surface area (Å²) in [6, 6.07) is 6.19. The quantitative estimate of drug-likeness (QED) is 0.936. The van der Waals surface area contributed by atoms with Gasteiger partial charge in [0.2, 0.25) is 0 Å². The lowest BCUT2D eigenvalue weighted by atomic mass is 10.2. The van der Waals surface area contributed by atoms with Crippen molar-refractivity contribution in [1.82, 2.24) is 4.98 Å². The summed E-state index contributed by atoms with van der Waals surface area (Å²) in [5.41, 5.74) is 2.14. The molecule has 0 radical (unpaired) electrons. The van der Waals surface area contributed by atoms with E-state index in [0.29, 0.717) is 13.2 Å². The van der Waals surface area contributed by atoms with E-state index in [1.54, 1.807) is 11.3 Å². The molecule has 1 aromatic heterocycles. The highest BCUT2D eigenvalue weighted by Crippen LogP contribution is 2.34. The lowest BCUT2D eigenvalue weighted by molar-refractivity contribution is 0.171. The largest absolute Gasteiger partial charge is 0.486 e. The van der Waals surface area contributed by atoms with Crippen molar-refractivity contribution in [2.75, 3.05) is 18.5 Å². The Morgan fingerprint density at radius 2 is 1.95 bits per heavy atom. The monoisotopic (exact) mass is 290 g/mol. The standard InChI is InChI=1S/C15H18N2O2S/c1-9-15(20-11(3)16-9)10(2)17-12-4-5-13-14(8-12)19-7-6-18-13/h4-5,8,10,17H,6-7H2,1-3H3. The third kappa shape index (κ3) is 2.58. The van der Waals surface area contributed by atoms with Crippen molar-refractivity contribution in [3.05, 3.63) is 33.8 Å². The summed E-state index contributed by atoms with van der Waals surface area (Å²) < 4.78 is 11.1. The summed E-state index contributed by atoms with van der Waals surface area (Å²) in [6.45, 7) is 7.48. The topological polar surface area (TPSA) is 43.4 Å². The number of nitrogens with one attached hydrogen (secondary N) is 1. The van der Waals surface area contributed by atoms with Crippen LogP contribution in [0.2, 0.25) is 0 Å². The molecule has 1 aromatic carbocycles. The minimum absolute atomic E-state index is 0.226. The number of hydrogen-bond donors (Lipinski definition) is 1. The van der Waals surface area contributed by atoms with Gasteiger partial charge in [0.15, 0.2) is 11.5 Å². The fraction of sp³-hybridized carbons (Fsp3) is 0.400. The number of nitrogens with zero attached hydrogens (tertiary/aromatic N) is 1. The fourth-order valence-electron chi connectivity index (χ4n) is 2.40. The zero-order chi connectivity index (χ0) is 14.1. The number of rotatable bonds is 3. The van der Waals surface area contributed by atoms with Crippen LogP contribution in [-0.2, 0) is 0 Å². The third-order valence-corrected chi connectivity index (χ3v) is 4.51. The number of benzene rings is 1. The highest BCUT2D eigenvalue weighted by atomic mass is 32.1. The molecule has 1 aliphatic heterocycles. The summed E-state index contributed by atoms with van der Waals surface area (Å²) in [5, 5.41) is 4.60. The maximum absolute atomic E-state index is 5.60. The van der Waals surface area contributed by atoms with Crippen LogP contribution in [0.25, 0.3) is 0 Å². The molecule has 1 aliphatic rings. The summed E-state index contributed by atoms with van der Waals surface area (Å²) in [5.74, 6) is 1.63. The van der Waals surface area contributed by atoms with Gasteiger partial charge in [0.05, 0.1) is 16.7 Å². The molecule has 1 unspecified atom stereocenters. The molecule has 0 saturated heterocycles. The smallest absolute Gasteiger partial charge is 0.163 e. The molecule has 20 heavy (non-hydrogen) atoms. The number of aryl methyl sites for hydroxylation is 2. The van der Waals surface area contributed by atoms with E-state index in [9.17, 15) is 0 Å². The summed E-state index contributed by atoms with van der Waals surface area (Å²) in [7, 11) is 0. The Morgan fingerprint density at radius 3 is 2.65 bits per heavy atom. The van der Waals surface area contributed by atoms with Gasteiger partial charge in [-0.1, -0.05) is 0 Å². The molecule has 5 heteroatoms. The van der Waals surface area contributed by atoms with E-state index in [-0.39, 0.29) is 6.04 Å². The second-order valence-electron chi connectivity index (χ2n) is 4.91. The number of anilines is 1. The fourth-order valence-corrected chi connectivity index (χ4v) is 3.33. The first kappa shape index (κ1) is 13.2. The van der Waals surface area contributed by atoms with E-state index >= 15 is 0 Å². The van der Waals surface area contributed by atoms with Crippen LogP contribution in [0.5, 0.6) is 11.5 Å². The van der Waals surface area contributed by atoms with Gasteiger partial charge in [-0.25, -0.2) is 4.98 Å². The molecule has 2 heterocycles. The molecule has 0 aliphatic carbocycles. The van der Waals surface area contributed by atoms with Crippen molar-refractivity contribution in [1.29, 1.82) is 0 Å². The van der Waals surface area contributed by atoms with Crippen molar-refractivity contribution in [2.45, 2.75) is 26.8 Å². The van der Waals surface area contributed by atoms with E-state index in [2.05, 4.69) is 24.1 Å². The average molecular weight is 290 g/mol. The molecule has 0 bridgehead atoms. The molecule has 0 fully saturated rings. The van der Waals surface area contributed by atoms with Gasteiger partial charge in [0.25, 0.3) is 0 Å². The van der Waals surface area contributed by atoms with Crippen molar-refractivity contribution < 1.29 is 9.47 Å². The van der Waals surface area contributed by atoms with Gasteiger partial charge in [-0.15, -0.1) is 11.3 Å². The molecule has 0 amide bonds. The molecule has 2 aromatic rings. The number of ether oxygens (including phenoxy) is 2. The minimum Gasteiger partial charge on any atom is -0.486 e. The minimum atomic E-state index is 0.226. The van der Waals surface area contributed by atoms with Gasteiger partial charge in [-0.2, -0.15) is 0 Å². The van der Waals surface area contributed by atoms with Crippen molar-refractivity contribution >= 4 is 17.0 Å². The summed E-state index contributed by atoms with van der Waals surface area (Å²) >= 11 is 1.74. The molecule has 3 rings (SSSR count). The molecule has 4 nitrogen and oxygen atoms in total. The number of hydrogen-bond acceptors (Lipinski definition) is 5. The normalized spacial score (nSPS) is 14.9. The van der Waals surface area contributed by atoms with E-state index < -0.39 is 0 Å². The van der Waals surface area contributed by atoms with Crippen LogP contribution in [0.4, 0.5) is 5.69 Å². The first-order chi connectivity index (χ1) is 9.63. The Bertz CT molecular complexity index is 624. The SMILES string of the molecule is Cc1nc(C)c(C(C)Nc2ccc3c(c2)OCCO3)s1. The second kappa shape index (κ2) is 5.32. The Balaban J connectivity index is 1.79. The molecule has 106 valence electrons. The van der Waals surface area contributed by atoms with Crippen molar-refractivity contribution in [3.63, 3.8) is 0 Å². The van der Waals surface area contributed by atoms with Crippen LogP contribution in [-0.4, -0.2) is 18.2 Å². The Kier molecular flexibility index (Phi) is 3.53. The number of aromatic nitrogens is 1. The van der Waals surface area contributed by atoms with Crippen LogP contribution in [0.1, 0.15) is 28.5 Å². The first-order valence-electron chi connectivity index (χ1n) is 6.73. The van der Waals surface area contributed by atoms with Gasteiger partial charge in [-0.3, -0.25) is 0 Å². The molecular formula is C15H18N2O2S.